The summed E-state index contributed by atoms with van der Waals surface area (Å²) < 4.78 is 23.5. The highest BCUT2D eigenvalue weighted by Gasteiger charge is 2.12. The molecule has 2 aromatic carbocycles. The number of benzene rings is 2. The molecule has 0 atom stereocenters. The van der Waals surface area contributed by atoms with Gasteiger partial charge in [-0.25, -0.2) is 9.18 Å². The fourth-order valence-electron chi connectivity index (χ4n) is 1.87. The maximum absolute atomic E-state index is 13.5. The number of hydrogen-bond donors (Lipinski definition) is 1. The smallest absolute Gasteiger partial charge is 0.340 e. The number of aryl methyl sites for hydroxylation is 1. The van der Waals surface area contributed by atoms with E-state index >= 15 is 0 Å². The molecule has 0 saturated heterocycles. The summed E-state index contributed by atoms with van der Waals surface area (Å²) in [4.78, 5) is 12.0. The molecule has 0 aliphatic rings. The van der Waals surface area contributed by atoms with Crippen molar-refractivity contribution in [1.29, 1.82) is 0 Å². The number of carbonyl (C=O) groups is 1. The standard InChI is InChI=1S/C16H16FNO3/c1-10-3-5-14(18)12(7-10)16(19)21-9-11-4-6-15(20-2)13(17)8-11/h3-8H,9,18H2,1-2H3. The van der Waals surface area contributed by atoms with Crippen LogP contribution in [0.3, 0.4) is 0 Å². The van der Waals surface area contributed by atoms with E-state index in [1.807, 2.05) is 13.0 Å². The van der Waals surface area contributed by atoms with Gasteiger partial charge in [-0.1, -0.05) is 17.7 Å². The molecule has 2 N–H and O–H groups in total. The Labute approximate surface area is 122 Å². The second-order valence-electron chi connectivity index (χ2n) is 4.64. The molecule has 0 heterocycles. The number of methoxy groups -OCH3 is 1. The van der Waals surface area contributed by atoms with E-state index < -0.39 is 11.8 Å². The number of nitrogens with two attached hydrogens (primary N) is 1. The van der Waals surface area contributed by atoms with Gasteiger partial charge in [0, 0.05) is 5.69 Å². The summed E-state index contributed by atoms with van der Waals surface area (Å²) in [5.74, 6) is -0.887. The molecule has 0 aliphatic heterocycles. The lowest BCUT2D eigenvalue weighted by molar-refractivity contribution is 0.0473. The fraction of sp³-hybridized carbons (Fsp3) is 0.188. The zero-order valence-corrected chi connectivity index (χ0v) is 11.9. The Balaban J connectivity index is 2.07. The molecule has 5 heteroatoms. The van der Waals surface area contributed by atoms with E-state index in [0.29, 0.717) is 16.8 Å². The number of esters is 1. The molecule has 110 valence electrons. The summed E-state index contributed by atoms with van der Waals surface area (Å²) in [5, 5.41) is 0. The van der Waals surface area contributed by atoms with Crippen molar-refractivity contribution in [3.63, 3.8) is 0 Å². The van der Waals surface area contributed by atoms with Gasteiger partial charge in [0.2, 0.25) is 0 Å². The van der Waals surface area contributed by atoms with E-state index in [0.717, 1.165) is 5.56 Å². The molecule has 4 nitrogen and oxygen atoms in total. The summed E-state index contributed by atoms with van der Waals surface area (Å²) in [6.07, 6.45) is 0. The Morgan fingerprint density at radius 1 is 1.24 bits per heavy atom. The van der Waals surface area contributed by atoms with Crippen molar-refractivity contribution in [3.05, 3.63) is 58.9 Å². The molecule has 0 aromatic heterocycles. The van der Waals surface area contributed by atoms with Crippen LogP contribution in [0.2, 0.25) is 0 Å². The van der Waals surface area contributed by atoms with Crippen LogP contribution in [0.15, 0.2) is 36.4 Å². The van der Waals surface area contributed by atoms with Crippen molar-refractivity contribution in [2.45, 2.75) is 13.5 Å². The van der Waals surface area contributed by atoms with Gasteiger partial charge in [0.15, 0.2) is 11.6 Å². The van der Waals surface area contributed by atoms with Gasteiger partial charge >= 0.3 is 5.97 Å². The number of anilines is 1. The van der Waals surface area contributed by atoms with Crippen LogP contribution in [0.1, 0.15) is 21.5 Å². The molecular formula is C16H16FNO3. The molecule has 2 rings (SSSR count). The van der Waals surface area contributed by atoms with Gasteiger partial charge in [-0.15, -0.1) is 0 Å². The molecule has 0 spiro atoms. The third-order valence-corrected chi connectivity index (χ3v) is 3.01. The summed E-state index contributed by atoms with van der Waals surface area (Å²) in [5.41, 5.74) is 7.85. The van der Waals surface area contributed by atoms with Gasteiger partial charge in [-0.3, -0.25) is 0 Å². The molecule has 0 unspecified atom stereocenters. The summed E-state index contributed by atoms with van der Waals surface area (Å²) in [6.45, 7) is 1.82. The molecule has 0 saturated carbocycles. The highest BCUT2D eigenvalue weighted by atomic mass is 19.1. The molecule has 21 heavy (non-hydrogen) atoms. The number of ether oxygens (including phenoxy) is 2. The Kier molecular flexibility index (Phi) is 4.42. The predicted molar refractivity (Wildman–Crippen MR) is 77.7 cm³/mol. The van der Waals surface area contributed by atoms with Gasteiger partial charge in [-0.05, 0) is 36.8 Å². The zero-order valence-electron chi connectivity index (χ0n) is 11.9. The SMILES string of the molecule is COc1ccc(COC(=O)c2cc(C)ccc2N)cc1F. The lowest BCUT2D eigenvalue weighted by atomic mass is 10.1. The first kappa shape index (κ1) is 14.8. The normalized spacial score (nSPS) is 10.2. The van der Waals surface area contributed by atoms with E-state index in [9.17, 15) is 9.18 Å². The van der Waals surface area contributed by atoms with Crippen LogP contribution < -0.4 is 10.5 Å². The van der Waals surface area contributed by atoms with Crippen molar-refractivity contribution >= 4 is 11.7 Å². The quantitative estimate of drug-likeness (QED) is 0.694. The van der Waals surface area contributed by atoms with E-state index in [4.69, 9.17) is 15.2 Å². The molecule has 2 aromatic rings. The number of carbonyl (C=O) groups excluding carboxylic acids is 1. The maximum atomic E-state index is 13.5. The van der Waals surface area contributed by atoms with Gasteiger partial charge in [0.1, 0.15) is 6.61 Å². The monoisotopic (exact) mass is 289 g/mol. The minimum Gasteiger partial charge on any atom is -0.494 e. The first-order valence-corrected chi connectivity index (χ1v) is 6.37. The largest absolute Gasteiger partial charge is 0.494 e. The molecule has 0 radical (unpaired) electrons. The highest BCUT2D eigenvalue weighted by molar-refractivity contribution is 5.95. The number of halogens is 1. The van der Waals surface area contributed by atoms with Crippen LogP contribution in [0.5, 0.6) is 5.75 Å². The molecule has 0 amide bonds. The molecule has 0 aliphatic carbocycles. The Morgan fingerprint density at radius 2 is 2.00 bits per heavy atom. The van der Waals surface area contributed by atoms with Crippen molar-refractivity contribution in [3.8, 4) is 5.75 Å². The number of nitrogen functional groups attached to an aromatic ring is 1. The van der Waals surface area contributed by atoms with E-state index in [1.54, 1.807) is 18.2 Å². The number of hydrogen-bond acceptors (Lipinski definition) is 4. The van der Waals surface area contributed by atoms with Gasteiger partial charge in [0.25, 0.3) is 0 Å². The van der Waals surface area contributed by atoms with Gasteiger partial charge in [0.05, 0.1) is 12.7 Å². The van der Waals surface area contributed by atoms with Gasteiger partial charge in [-0.2, -0.15) is 0 Å². The Hall–Kier alpha value is -2.56. The summed E-state index contributed by atoms with van der Waals surface area (Å²) in [7, 11) is 1.39. The van der Waals surface area contributed by atoms with Crippen LogP contribution in [0, 0.1) is 12.7 Å². The van der Waals surface area contributed by atoms with E-state index in [-0.39, 0.29) is 12.4 Å². The Bertz CT molecular complexity index is 671. The average Bonchev–Trinajstić information content (AvgIpc) is 2.47. The van der Waals surface area contributed by atoms with Crippen molar-refractivity contribution in [2.24, 2.45) is 0 Å². The van der Waals surface area contributed by atoms with Crippen LogP contribution in [-0.4, -0.2) is 13.1 Å². The lowest BCUT2D eigenvalue weighted by Gasteiger charge is -2.09. The number of rotatable bonds is 4. The zero-order chi connectivity index (χ0) is 15.4. The van der Waals surface area contributed by atoms with Crippen LogP contribution in [-0.2, 0) is 11.3 Å². The third-order valence-electron chi connectivity index (χ3n) is 3.01. The van der Waals surface area contributed by atoms with Crippen molar-refractivity contribution < 1.29 is 18.7 Å². The van der Waals surface area contributed by atoms with E-state index in [1.165, 1.54) is 19.2 Å². The second kappa shape index (κ2) is 6.26. The highest BCUT2D eigenvalue weighted by Crippen LogP contribution is 2.19. The maximum Gasteiger partial charge on any atom is 0.340 e. The van der Waals surface area contributed by atoms with Gasteiger partial charge < -0.3 is 15.2 Å². The predicted octanol–water partition coefficient (Wildman–Crippen LogP) is 3.08. The Morgan fingerprint density at radius 3 is 2.67 bits per heavy atom. The van der Waals surface area contributed by atoms with Crippen molar-refractivity contribution in [1.82, 2.24) is 0 Å². The second-order valence-corrected chi connectivity index (χ2v) is 4.64. The third kappa shape index (κ3) is 3.51. The molecular weight excluding hydrogens is 273 g/mol. The topological polar surface area (TPSA) is 61.5 Å². The first-order chi connectivity index (χ1) is 10.0. The fourth-order valence-corrected chi connectivity index (χ4v) is 1.87. The van der Waals surface area contributed by atoms with Crippen LogP contribution in [0.4, 0.5) is 10.1 Å². The first-order valence-electron chi connectivity index (χ1n) is 6.37. The minimum atomic E-state index is -0.535. The summed E-state index contributed by atoms with van der Waals surface area (Å²) >= 11 is 0. The lowest BCUT2D eigenvalue weighted by Crippen LogP contribution is -2.08. The average molecular weight is 289 g/mol. The molecule has 0 fully saturated rings. The van der Waals surface area contributed by atoms with Crippen LogP contribution in [0.25, 0.3) is 0 Å². The minimum absolute atomic E-state index is 0.0346. The molecule has 0 bridgehead atoms. The summed E-state index contributed by atoms with van der Waals surface area (Å²) in [6, 6.07) is 9.51. The van der Waals surface area contributed by atoms with E-state index in [2.05, 4.69) is 0 Å². The van der Waals surface area contributed by atoms with Crippen molar-refractivity contribution in [2.75, 3.05) is 12.8 Å². The van der Waals surface area contributed by atoms with Crippen LogP contribution >= 0.6 is 0 Å².